The molecule has 2 heterocycles. The van der Waals surface area contributed by atoms with Crippen LogP contribution in [-0.2, 0) is 7.05 Å². The fourth-order valence-electron chi connectivity index (χ4n) is 3.62. The Hall–Kier alpha value is -3.67. The number of hydrogen-bond acceptors (Lipinski definition) is 4. The second kappa shape index (κ2) is 7.99. The summed E-state index contributed by atoms with van der Waals surface area (Å²) >= 11 is 0. The lowest BCUT2D eigenvalue weighted by Gasteiger charge is -2.20. The molecular weight excluding hydrogens is 376 g/mol. The molecule has 0 radical (unpaired) electrons. The van der Waals surface area contributed by atoms with E-state index in [-0.39, 0.29) is 5.91 Å². The number of amides is 1. The Morgan fingerprint density at radius 2 is 1.87 bits per heavy atom. The van der Waals surface area contributed by atoms with Gasteiger partial charge in [0, 0.05) is 30.5 Å². The molecule has 0 aliphatic rings. The number of aromatic nitrogens is 3. The zero-order valence-corrected chi connectivity index (χ0v) is 17.5. The molecule has 152 valence electrons. The van der Waals surface area contributed by atoms with Crippen LogP contribution in [0.1, 0.15) is 39.0 Å². The van der Waals surface area contributed by atoms with E-state index in [0.29, 0.717) is 5.56 Å². The molecule has 4 rings (SSSR count). The molecule has 30 heavy (non-hydrogen) atoms. The molecule has 1 N–H and O–H groups in total. The Kier molecular flexibility index (Phi) is 5.23. The lowest BCUT2D eigenvalue weighted by Crippen LogP contribution is -2.31. The van der Waals surface area contributed by atoms with Crippen molar-refractivity contribution < 1.29 is 9.53 Å². The van der Waals surface area contributed by atoms with Crippen LogP contribution in [0.3, 0.4) is 0 Å². The molecule has 1 atom stereocenters. The monoisotopic (exact) mass is 400 g/mol. The Labute approximate surface area is 175 Å². The van der Waals surface area contributed by atoms with Crippen molar-refractivity contribution in [1.29, 1.82) is 0 Å². The summed E-state index contributed by atoms with van der Waals surface area (Å²) in [5, 5.41) is 4.02. The first-order valence-electron chi connectivity index (χ1n) is 9.76. The number of nitrogens with one attached hydrogen (secondary N) is 1. The quantitative estimate of drug-likeness (QED) is 0.547. The minimum absolute atomic E-state index is 0.167. The van der Waals surface area contributed by atoms with Crippen molar-refractivity contribution in [2.45, 2.75) is 19.9 Å². The van der Waals surface area contributed by atoms with Crippen LogP contribution in [-0.4, -0.2) is 27.6 Å². The van der Waals surface area contributed by atoms with Crippen LogP contribution >= 0.6 is 0 Å². The van der Waals surface area contributed by atoms with Crippen LogP contribution in [0.5, 0.6) is 5.75 Å². The van der Waals surface area contributed by atoms with Gasteiger partial charge in [-0.2, -0.15) is 0 Å². The highest BCUT2D eigenvalue weighted by Gasteiger charge is 2.23. The fraction of sp³-hybridized carbons (Fsp3) is 0.208. The second-order valence-electron chi connectivity index (χ2n) is 7.41. The summed E-state index contributed by atoms with van der Waals surface area (Å²) in [5.74, 6) is 1.34. The van der Waals surface area contributed by atoms with E-state index >= 15 is 0 Å². The van der Waals surface area contributed by atoms with Gasteiger partial charge in [0.15, 0.2) is 0 Å². The number of fused-ring (bicyclic) bond motifs is 1. The van der Waals surface area contributed by atoms with E-state index in [1.165, 1.54) is 0 Å². The van der Waals surface area contributed by atoms with Crippen LogP contribution in [0.4, 0.5) is 0 Å². The van der Waals surface area contributed by atoms with Crippen LogP contribution in [0.25, 0.3) is 10.9 Å². The maximum Gasteiger partial charge on any atom is 0.252 e. The van der Waals surface area contributed by atoms with E-state index in [1.54, 1.807) is 13.3 Å². The molecule has 0 aliphatic carbocycles. The molecule has 4 aromatic rings. The van der Waals surface area contributed by atoms with Crippen LogP contribution in [0.15, 0.2) is 60.9 Å². The minimum atomic E-state index is -0.406. The van der Waals surface area contributed by atoms with Gasteiger partial charge < -0.3 is 14.6 Å². The number of pyridine rings is 1. The van der Waals surface area contributed by atoms with Gasteiger partial charge in [0.1, 0.15) is 17.6 Å². The molecule has 2 aromatic heterocycles. The van der Waals surface area contributed by atoms with Crippen molar-refractivity contribution >= 4 is 16.8 Å². The fourth-order valence-corrected chi connectivity index (χ4v) is 3.62. The first-order chi connectivity index (χ1) is 14.5. The Balaban J connectivity index is 1.76. The Morgan fingerprint density at radius 1 is 1.10 bits per heavy atom. The van der Waals surface area contributed by atoms with E-state index in [1.807, 2.05) is 80.2 Å². The van der Waals surface area contributed by atoms with Crippen molar-refractivity contribution in [1.82, 2.24) is 19.9 Å². The Morgan fingerprint density at radius 3 is 2.53 bits per heavy atom. The number of aryl methyl sites for hydroxylation is 3. The van der Waals surface area contributed by atoms with E-state index in [9.17, 15) is 4.79 Å². The molecule has 1 amide bonds. The van der Waals surface area contributed by atoms with E-state index in [2.05, 4.69) is 15.3 Å². The maximum absolute atomic E-state index is 13.4. The summed E-state index contributed by atoms with van der Waals surface area (Å²) in [5.41, 5.74) is 4.22. The summed E-state index contributed by atoms with van der Waals surface area (Å²) in [6.45, 7) is 3.91. The first kappa shape index (κ1) is 19.6. The normalized spacial score (nSPS) is 12.0. The number of imidazole rings is 1. The molecular formula is C24H24N4O2. The predicted octanol–water partition coefficient (Wildman–Crippen LogP) is 4.11. The smallest absolute Gasteiger partial charge is 0.252 e. The highest BCUT2D eigenvalue weighted by molar-refractivity contribution is 6.06. The van der Waals surface area contributed by atoms with Gasteiger partial charge in [0.05, 0.1) is 18.2 Å². The summed E-state index contributed by atoms with van der Waals surface area (Å²) in [7, 11) is 3.55. The summed E-state index contributed by atoms with van der Waals surface area (Å²) in [6.07, 6.45) is 3.60. The average Bonchev–Trinajstić information content (AvgIpc) is 3.17. The third-order valence-electron chi connectivity index (χ3n) is 5.18. The number of carbonyl (C=O) groups excluding carboxylic acids is 1. The number of ether oxygens (including phenoxy) is 1. The van der Waals surface area contributed by atoms with Crippen molar-refractivity contribution in [3.8, 4) is 5.75 Å². The van der Waals surface area contributed by atoms with Gasteiger partial charge in [0.25, 0.3) is 5.91 Å². The van der Waals surface area contributed by atoms with Crippen molar-refractivity contribution in [3.05, 3.63) is 89.1 Å². The summed E-state index contributed by atoms with van der Waals surface area (Å²) in [6, 6.07) is 15.0. The highest BCUT2D eigenvalue weighted by atomic mass is 16.5. The zero-order valence-electron chi connectivity index (χ0n) is 17.5. The lowest BCUT2D eigenvalue weighted by atomic mass is 10.0. The molecule has 2 aromatic carbocycles. The van der Waals surface area contributed by atoms with Gasteiger partial charge in [-0.1, -0.05) is 23.8 Å². The maximum atomic E-state index is 13.4. The van der Waals surface area contributed by atoms with Gasteiger partial charge in [-0.3, -0.25) is 9.78 Å². The SMILES string of the molecule is COc1ccc(C(NC(=O)c2cc(C)nc3ccc(C)cc23)c2nccn2C)cc1. The molecule has 6 heteroatoms. The van der Waals surface area contributed by atoms with Crippen LogP contribution in [0.2, 0.25) is 0 Å². The van der Waals surface area contributed by atoms with Gasteiger partial charge in [0.2, 0.25) is 0 Å². The number of hydrogen-bond donors (Lipinski definition) is 1. The van der Waals surface area contributed by atoms with Gasteiger partial charge in [-0.05, 0) is 49.7 Å². The van der Waals surface area contributed by atoms with Crippen molar-refractivity contribution in [3.63, 3.8) is 0 Å². The molecule has 6 nitrogen and oxygen atoms in total. The average molecular weight is 400 g/mol. The topological polar surface area (TPSA) is 69.0 Å². The predicted molar refractivity (Wildman–Crippen MR) is 117 cm³/mol. The lowest BCUT2D eigenvalue weighted by molar-refractivity contribution is 0.0942. The second-order valence-corrected chi connectivity index (χ2v) is 7.41. The minimum Gasteiger partial charge on any atom is -0.497 e. The number of carbonyl (C=O) groups is 1. The molecule has 0 saturated carbocycles. The zero-order chi connectivity index (χ0) is 21.3. The number of methoxy groups -OCH3 is 1. The third-order valence-corrected chi connectivity index (χ3v) is 5.18. The third kappa shape index (κ3) is 3.76. The molecule has 0 aliphatic heterocycles. The largest absolute Gasteiger partial charge is 0.497 e. The van der Waals surface area contributed by atoms with Gasteiger partial charge in [-0.15, -0.1) is 0 Å². The highest BCUT2D eigenvalue weighted by Crippen LogP contribution is 2.25. The van der Waals surface area contributed by atoms with Crippen LogP contribution < -0.4 is 10.1 Å². The van der Waals surface area contributed by atoms with Crippen LogP contribution in [0, 0.1) is 13.8 Å². The molecule has 0 bridgehead atoms. The molecule has 0 fully saturated rings. The van der Waals surface area contributed by atoms with E-state index < -0.39 is 6.04 Å². The van der Waals surface area contributed by atoms with E-state index in [0.717, 1.165) is 39.3 Å². The summed E-state index contributed by atoms with van der Waals surface area (Å²) in [4.78, 5) is 22.5. The Bertz CT molecular complexity index is 1210. The van der Waals surface area contributed by atoms with Crippen molar-refractivity contribution in [2.24, 2.45) is 7.05 Å². The van der Waals surface area contributed by atoms with Crippen molar-refractivity contribution in [2.75, 3.05) is 7.11 Å². The van der Waals surface area contributed by atoms with Gasteiger partial charge >= 0.3 is 0 Å². The number of benzene rings is 2. The summed E-state index contributed by atoms with van der Waals surface area (Å²) < 4.78 is 7.18. The molecule has 1 unspecified atom stereocenters. The van der Waals surface area contributed by atoms with E-state index in [4.69, 9.17) is 4.74 Å². The standard InChI is InChI=1S/C24H24N4O2/c1-15-5-10-21-19(13-15)20(14-16(2)26-21)24(29)27-22(23-25-11-12-28(23)3)17-6-8-18(30-4)9-7-17/h5-14,22H,1-4H3,(H,27,29). The number of rotatable bonds is 5. The van der Waals surface area contributed by atoms with Gasteiger partial charge in [-0.25, -0.2) is 4.98 Å². The first-order valence-corrected chi connectivity index (χ1v) is 9.76. The number of nitrogens with zero attached hydrogens (tertiary/aromatic N) is 3. The molecule has 0 saturated heterocycles. The molecule has 0 spiro atoms.